The van der Waals surface area contributed by atoms with Crippen molar-refractivity contribution in [3.05, 3.63) is 23.8 Å². The first-order chi connectivity index (χ1) is 15.2. The van der Waals surface area contributed by atoms with Gasteiger partial charge in [0, 0.05) is 13.0 Å². The van der Waals surface area contributed by atoms with E-state index >= 15 is 0 Å². The molecule has 0 spiro atoms. The second-order valence-corrected chi connectivity index (χ2v) is 9.07. The highest BCUT2D eigenvalue weighted by atomic mass is 19.3. The summed E-state index contributed by atoms with van der Waals surface area (Å²) >= 11 is 0. The van der Waals surface area contributed by atoms with Crippen LogP contribution in [0.4, 0.5) is 19.3 Å². The molecule has 0 bridgehead atoms. The van der Waals surface area contributed by atoms with Crippen molar-refractivity contribution in [3.8, 4) is 11.8 Å². The molecule has 1 saturated heterocycles. The van der Waals surface area contributed by atoms with Crippen molar-refractivity contribution >= 4 is 11.8 Å². The quantitative estimate of drug-likeness (QED) is 0.654. The SMILES string of the molecule is Cc1nc(C(C)(NC(=O)Oc2ccc(N3CC(F)(F)C3)c(OCC3CC3)n2)C2CC2)no1. The lowest BCUT2D eigenvalue weighted by atomic mass is 9.95. The van der Waals surface area contributed by atoms with Crippen LogP contribution in [0, 0.1) is 18.8 Å². The standard InChI is InChI=1S/C21H25F2N5O4/c1-12-24-18(27-32-12)20(2,14-5-6-14)26-19(29)31-16-8-7-15(28-10-21(22,23)11-28)17(25-16)30-9-13-3-4-13/h7-8,13-14H,3-6,9-11H2,1-2H3,(H,26,29). The normalized spacial score (nSPS) is 21.4. The van der Waals surface area contributed by atoms with Crippen molar-refractivity contribution < 1.29 is 27.6 Å². The monoisotopic (exact) mass is 449 g/mol. The van der Waals surface area contributed by atoms with E-state index in [4.69, 9.17) is 14.0 Å². The molecule has 0 radical (unpaired) electrons. The zero-order valence-corrected chi connectivity index (χ0v) is 17.9. The van der Waals surface area contributed by atoms with Crippen molar-refractivity contribution in [1.29, 1.82) is 0 Å². The van der Waals surface area contributed by atoms with Gasteiger partial charge in [-0.1, -0.05) is 5.16 Å². The molecule has 1 amide bonds. The van der Waals surface area contributed by atoms with Crippen LogP contribution in [0.1, 0.15) is 44.3 Å². The molecule has 1 atom stereocenters. The Morgan fingerprint density at radius 3 is 2.62 bits per heavy atom. The number of carbonyl (C=O) groups excluding carboxylic acids is 1. The molecule has 3 heterocycles. The average molecular weight is 449 g/mol. The molecular weight excluding hydrogens is 424 g/mol. The summed E-state index contributed by atoms with van der Waals surface area (Å²) in [6, 6.07) is 3.07. The van der Waals surface area contributed by atoms with E-state index in [0.29, 0.717) is 29.9 Å². The fourth-order valence-electron chi connectivity index (χ4n) is 3.83. The van der Waals surface area contributed by atoms with Crippen LogP contribution in [-0.2, 0) is 5.54 Å². The van der Waals surface area contributed by atoms with E-state index in [1.165, 1.54) is 11.0 Å². The molecule has 5 rings (SSSR count). The smallest absolute Gasteiger partial charge is 0.414 e. The minimum atomic E-state index is -2.72. The van der Waals surface area contributed by atoms with Crippen molar-refractivity contribution in [3.63, 3.8) is 0 Å². The Morgan fingerprint density at radius 2 is 2.03 bits per heavy atom. The van der Waals surface area contributed by atoms with Crippen LogP contribution in [0.2, 0.25) is 0 Å². The summed E-state index contributed by atoms with van der Waals surface area (Å²) in [5.41, 5.74) is -0.363. The molecule has 9 nitrogen and oxygen atoms in total. The van der Waals surface area contributed by atoms with Gasteiger partial charge in [-0.25, -0.2) is 13.6 Å². The first kappa shape index (κ1) is 20.9. The van der Waals surface area contributed by atoms with Crippen molar-refractivity contribution in [2.75, 3.05) is 24.6 Å². The zero-order valence-electron chi connectivity index (χ0n) is 17.9. The molecule has 172 valence electrons. The molecule has 1 aliphatic heterocycles. The van der Waals surface area contributed by atoms with Gasteiger partial charge in [0.25, 0.3) is 5.92 Å². The van der Waals surface area contributed by atoms with Crippen LogP contribution >= 0.6 is 0 Å². The van der Waals surface area contributed by atoms with Crippen LogP contribution in [0.3, 0.4) is 0 Å². The highest BCUT2D eigenvalue weighted by Gasteiger charge is 2.48. The predicted octanol–water partition coefficient (Wildman–Crippen LogP) is 3.43. The number of alkyl halides is 2. The minimum absolute atomic E-state index is 0.0202. The van der Waals surface area contributed by atoms with Gasteiger partial charge in [0.15, 0.2) is 5.82 Å². The second kappa shape index (κ2) is 7.56. The van der Waals surface area contributed by atoms with Crippen LogP contribution in [0.5, 0.6) is 11.8 Å². The number of nitrogens with one attached hydrogen (secondary N) is 1. The van der Waals surface area contributed by atoms with Crippen molar-refractivity contribution in [2.45, 2.75) is 51.0 Å². The van der Waals surface area contributed by atoms with Gasteiger partial charge < -0.3 is 24.2 Å². The first-order valence-electron chi connectivity index (χ1n) is 10.8. The van der Waals surface area contributed by atoms with E-state index in [2.05, 4.69) is 20.4 Å². The van der Waals surface area contributed by atoms with Gasteiger partial charge in [-0.05, 0) is 50.5 Å². The van der Waals surface area contributed by atoms with Gasteiger partial charge in [-0.2, -0.15) is 9.97 Å². The summed E-state index contributed by atoms with van der Waals surface area (Å²) in [4.78, 5) is 22.8. The summed E-state index contributed by atoms with van der Waals surface area (Å²) < 4.78 is 43.0. The summed E-state index contributed by atoms with van der Waals surface area (Å²) in [7, 11) is 0. The number of rotatable bonds is 8. The largest absolute Gasteiger partial charge is 0.476 e. The Bertz CT molecular complexity index is 1020. The molecule has 1 unspecified atom stereocenters. The Balaban J connectivity index is 1.30. The summed E-state index contributed by atoms with van der Waals surface area (Å²) in [6.45, 7) is 3.20. The van der Waals surface area contributed by atoms with Crippen LogP contribution in [0.15, 0.2) is 16.7 Å². The van der Waals surface area contributed by atoms with E-state index in [1.54, 1.807) is 13.0 Å². The molecule has 3 aliphatic rings. The summed E-state index contributed by atoms with van der Waals surface area (Å²) in [5, 5.41) is 6.82. The maximum absolute atomic E-state index is 13.4. The molecule has 2 saturated carbocycles. The van der Waals surface area contributed by atoms with Crippen LogP contribution in [0.25, 0.3) is 0 Å². The maximum atomic E-state index is 13.4. The predicted molar refractivity (Wildman–Crippen MR) is 108 cm³/mol. The third-order valence-electron chi connectivity index (χ3n) is 6.10. The lowest BCUT2D eigenvalue weighted by Crippen LogP contribution is -2.56. The molecular formula is C21H25F2N5O4. The number of aryl methyl sites for hydroxylation is 1. The number of hydrogen-bond acceptors (Lipinski definition) is 8. The van der Waals surface area contributed by atoms with Gasteiger partial charge in [0.1, 0.15) is 11.2 Å². The highest BCUT2D eigenvalue weighted by molar-refractivity contribution is 5.71. The number of anilines is 1. The summed E-state index contributed by atoms with van der Waals surface area (Å²) in [6.07, 6.45) is 3.29. The topological polar surface area (TPSA) is 103 Å². The van der Waals surface area contributed by atoms with Crippen molar-refractivity contribution in [1.82, 2.24) is 20.4 Å². The number of ether oxygens (including phenoxy) is 2. The van der Waals surface area contributed by atoms with Crippen molar-refractivity contribution in [2.24, 2.45) is 11.8 Å². The molecule has 2 aromatic heterocycles. The van der Waals surface area contributed by atoms with Gasteiger partial charge >= 0.3 is 6.09 Å². The lowest BCUT2D eigenvalue weighted by molar-refractivity contribution is -0.0265. The van der Waals surface area contributed by atoms with E-state index < -0.39 is 17.6 Å². The number of halogens is 2. The molecule has 1 N–H and O–H groups in total. The van der Waals surface area contributed by atoms with E-state index in [9.17, 15) is 13.6 Å². The molecule has 3 fully saturated rings. The van der Waals surface area contributed by atoms with Gasteiger partial charge in [0.05, 0.1) is 19.7 Å². The van der Waals surface area contributed by atoms with Crippen LogP contribution in [-0.4, -0.2) is 46.8 Å². The number of amides is 1. The van der Waals surface area contributed by atoms with E-state index in [1.807, 2.05) is 6.92 Å². The van der Waals surface area contributed by atoms with Gasteiger partial charge in [-0.15, -0.1) is 0 Å². The third kappa shape index (κ3) is 4.33. The van der Waals surface area contributed by atoms with E-state index in [0.717, 1.165) is 25.7 Å². The van der Waals surface area contributed by atoms with Crippen LogP contribution < -0.4 is 19.7 Å². The average Bonchev–Trinajstić information content (AvgIpc) is 3.63. The lowest BCUT2D eigenvalue weighted by Gasteiger charge is -2.40. The number of hydrogen-bond donors (Lipinski definition) is 1. The zero-order chi connectivity index (χ0) is 22.5. The molecule has 2 aliphatic carbocycles. The number of nitrogens with zero attached hydrogens (tertiary/aromatic N) is 4. The minimum Gasteiger partial charge on any atom is -0.476 e. The Morgan fingerprint density at radius 1 is 1.28 bits per heavy atom. The first-order valence-corrected chi connectivity index (χ1v) is 10.8. The highest BCUT2D eigenvalue weighted by Crippen LogP contribution is 2.45. The second-order valence-electron chi connectivity index (χ2n) is 9.07. The fraction of sp³-hybridized carbons (Fsp3) is 0.619. The number of aromatic nitrogens is 3. The molecule has 2 aromatic rings. The Hall–Kier alpha value is -2.98. The molecule has 11 heteroatoms. The maximum Gasteiger partial charge on any atom is 0.414 e. The van der Waals surface area contributed by atoms with Gasteiger partial charge in [-0.3, -0.25) is 0 Å². The Kier molecular flexibility index (Phi) is 4.94. The van der Waals surface area contributed by atoms with E-state index in [-0.39, 0.29) is 30.8 Å². The third-order valence-corrected chi connectivity index (χ3v) is 6.10. The Labute approximate surface area is 183 Å². The molecule has 32 heavy (non-hydrogen) atoms. The fourth-order valence-corrected chi connectivity index (χ4v) is 3.83. The number of pyridine rings is 1. The summed E-state index contributed by atoms with van der Waals surface area (Å²) in [5.74, 6) is -1.08. The molecule has 0 aromatic carbocycles. The number of carbonyl (C=O) groups is 1. The van der Waals surface area contributed by atoms with Gasteiger partial charge in [0.2, 0.25) is 17.7 Å².